The highest BCUT2D eigenvalue weighted by Crippen LogP contribution is 2.60. The highest BCUT2D eigenvalue weighted by molar-refractivity contribution is 6.03. The molecule has 2 fully saturated rings. The van der Waals surface area contributed by atoms with E-state index < -0.39 is 0 Å². The van der Waals surface area contributed by atoms with Gasteiger partial charge >= 0.3 is 0 Å². The maximum atomic E-state index is 12.9. The van der Waals surface area contributed by atoms with Crippen molar-refractivity contribution in [3.8, 4) is 5.75 Å². The summed E-state index contributed by atoms with van der Waals surface area (Å²) in [5.41, 5.74) is 2.12. The maximum Gasteiger partial charge on any atom is 0.168 e. The predicted molar refractivity (Wildman–Crippen MR) is 93.4 cm³/mol. The zero-order valence-corrected chi connectivity index (χ0v) is 14.7. The molecule has 132 valence electrons. The van der Waals surface area contributed by atoms with Crippen LogP contribution in [0.15, 0.2) is 30.0 Å². The molecule has 0 amide bonds. The molecule has 25 heavy (non-hydrogen) atoms. The first-order chi connectivity index (χ1) is 12.0. The second-order valence-electron chi connectivity index (χ2n) is 7.86. The van der Waals surface area contributed by atoms with Crippen LogP contribution in [0.1, 0.15) is 61.4 Å². The van der Waals surface area contributed by atoms with Gasteiger partial charge in [-0.1, -0.05) is 13.0 Å². The molecule has 0 saturated heterocycles. The van der Waals surface area contributed by atoms with E-state index in [2.05, 4.69) is 6.92 Å². The number of phenolic OH excluding ortho intramolecular Hbond substituents is 1. The molecule has 0 bridgehead atoms. The Hall–Kier alpha value is -2.10. The van der Waals surface area contributed by atoms with Crippen molar-refractivity contribution in [1.29, 1.82) is 0 Å². The number of Topliss-reactive ketones (excluding diaryl/α,β-unsaturated/α-hetero) is 2. The molecule has 1 aromatic carbocycles. The van der Waals surface area contributed by atoms with Crippen molar-refractivity contribution >= 4 is 11.6 Å². The lowest BCUT2D eigenvalue weighted by Crippen LogP contribution is -2.43. The van der Waals surface area contributed by atoms with E-state index in [4.69, 9.17) is 4.74 Å². The first-order valence-corrected chi connectivity index (χ1v) is 9.17. The van der Waals surface area contributed by atoms with Crippen molar-refractivity contribution < 1.29 is 19.4 Å². The topological polar surface area (TPSA) is 63.6 Å². The van der Waals surface area contributed by atoms with Crippen LogP contribution in [0.2, 0.25) is 0 Å². The van der Waals surface area contributed by atoms with Crippen LogP contribution in [0, 0.1) is 17.3 Å². The second kappa shape index (κ2) is 5.72. The number of allylic oxidation sites excluding steroid dienone is 1. The molecule has 4 rings (SSSR count). The van der Waals surface area contributed by atoms with Gasteiger partial charge in [-0.3, -0.25) is 9.59 Å². The molecule has 1 aromatic rings. The third-order valence-electron chi connectivity index (χ3n) is 6.63. The zero-order valence-electron chi connectivity index (χ0n) is 14.7. The first-order valence-electron chi connectivity index (χ1n) is 9.17. The summed E-state index contributed by atoms with van der Waals surface area (Å²) in [5, 5.41) is 9.73. The smallest absolute Gasteiger partial charge is 0.168 e. The van der Waals surface area contributed by atoms with Gasteiger partial charge in [0, 0.05) is 23.0 Å². The summed E-state index contributed by atoms with van der Waals surface area (Å²) in [7, 11) is 0. The monoisotopic (exact) mass is 340 g/mol. The summed E-state index contributed by atoms with van der Waals surface area (Å²) in [6, 6.07) is 5.17. The standard InChI is InChI=1S/C21H24O4/c1-3-25-11-12-8-18-16-10-19(23)17-9-13(22)4-5-14(17)15(16)6-7-21(18,2)20(12)24/h4-5,9,11,15-16,18,22H,3,6-8,10H2,1-2H3/t15-,16-,18+,21+/m1/s1. The molecular formula is C21H24O4. The fourth-order valence-electron chi connectivity index (χ4n) is 5.35. The predicted octanol–water partition coefficient (Wildman–Crippen LogP) is 3.99. The van der Waals surface area contributed by atoms with Crippen LogP contribution in [0.4, 0.5) is 0 Å². The summed E-state index contributed by atoms with van der Waals surface area (Å²) >= 11 is 0. The average Bonchev–Trinajstić information content (AvgIpc) is 2.85. The van der Waals surface area contributed by atoms with Crippen molar-refractivity contribution in [2.24, 2.45) is 17.3 Å². The van der Waals surface area contributed by atoms with E-state index in [0.29, 0.717) is 30.9 Å². The second-order valence-corrected chi connectivity index (χ2v) is 7.86. The van der Waals surface area contributed by atoms with Gasteiger partial charge in [-0.2, -0.15) is 0 Å². The van der Waals surface area contributed by atoms with Crippen LogP contribution in [0.3, 0.4) is 0 Å². The van der Waals surface area contributed by atoms with E-state index in [0.717, 1.165) is 24.0 Å². The normalized spacial score (nSPS) is 35.3. The highest BCUT2D eigenvalue weighted by Gasteiger charge is 2.57. The summed E-state index contributed by atoms with van der Waals surface area (Å²) in [6.45, 7) is 4.53. The number of phenols is 1. The van der Waals surface area contributed by atoms with Crippen molar-refractivity contribution in [3.63, 3.8) is 0 Å². The Bertz CT molecular complexity index is 778. The number of rotatable bonds is 2. The molecule has 3 aliphatic carbocycles. The molecule has 0 spiro atoms. The molecular weight excluding hydrogens is 316 g/mol. The van der Waals surface area contributed by atoms with Crippen LogP contribution < -0.4 is 0 Å². The van der Waals surface area contributed by atoms with Crippen LogP contribution in [-0.4, -0.2) is 23.3 Å². The van der Waals surface area contributed by atoms with E-state index >= 15 is 0 Å². The number of hydrogen-bond donors (Lipinski definition) is 1. The van der Waals surface area contributed by atoms with Crippen LogP contribution in [-0.2, 0) is 9.53 Å². The number of ether oxygens (including phenoxy) is 1. The van der Waals surface area contributed by atoms with Crippen molar-refractivity contribution in [1.82, 2.24) is 0 Å². The largest absolute Gasteiger partial charge is 0.508 e. The van der Waals surface area contributed by atoms with Gasteiger partial charge in [0.25, 0.3) is 0 Å². The third-order valence-corrected chi connectivity index (χ3v) is 6.63. The number of ketones is 2. The molecule has 0 aromatic heterocycles. The van der Waals surface area contributed by atoms with E-state index in [9.17, 15) is 14.7 Å². The SMILES string of the molecule is CCOC=C1C[C@H]2[C@@H]3CC(=O)c4cc(O)ccc4[C@H]3CC[C@]2(C)C1=O. The highest BCUT2D eigenvalue weighted by atomic mass is 16.5. The zero-order chi connectivity index (χ0) is 17.8. The summed E-state index contributed by atoms with van der Waals surface area (Å²) in [6.07, 6.45) is 4.57. The van der Waals surface area contributed by atoms with E-state index in [1.807, 2.05) is 13.0 Å². The summed E-state index contributed by atoms with van der Waals surface area (Å²) in [4.78, 5) is 25.6. The van der Waals surface area contributed by atoms with Crippen LogP contribution >= 0.6 is 0 Å². The van der Waals surface area contributed by atoms with Crippen molar-refractivity contribution in [2.45, 2.75) is 45.4 Å². The van der Waals surface area contributed by atoms with Gasteiger partial charge in [-0.15, -0.1) is 0 Å². The fraction of sp³-hybridized carbons (Fsp3) is 0.524. The third kappa shape index (κ3) is 2.34. The Kier molecular flexibility index (Phi) is 3.75. The van der Waals surface area contributed by atoms with Crippen molar-refractivity contribution in [3.05, 3.63) is 41.2 Å². The Morgan fingerprint density at radius 2 is 2.12 bits per heavy atom. The van der Waals surface area contributed by atoms with Crippen LogP contribution in [0.25, 0.3) is 0 Å². The molecule has 0 heterocycles. The molecule has 0 aliphatic heterocycles. The number of carbonyl (C=O) groups excluding carboxylic acids is 2. The van der Waals surface area contributed by atoms with E-state index in [1.54, 1.807) is 18.4 Å². The van der Waals surface area contributed by atoms with E-state index in [-0.39, 0.29) is 34.6 Å². The molecule has 1 N–H and O–H groups in total. The minimum Gasteiger partial charge on any atom is -0.508 e. The van der Waals surface area contributed by atoms with Gasteiger partial charge in [-0.25, -0.2) is 0 Å². The Morgan fingerprint density at radius 3 is 2.88 bits per heavy atom. The number of fused-ring (bicyclic) bond motifs is 5. The summed E-state index contributed by atoms with van der Waals surface area (Å²) < 4.78 is 5.39. The lowest BCUT2D eigenvalue weighted by atomic mass is 9.55. The molecule has 2 saturated carbocycles. The molecule has 4 nitrogen and oxygen atoms in total. The summed E-state index contributed by atoms with van der Waals surface area (Å²) in [5.74, 6) is 1.12. The lowest BCUT2D eigenvalue weighted by Gasteiger charge is -2.47. The molecule has 4 heteroatoms. The Balaban J connectivity index is 1.72. The van der Waals surface area contributed by atoms with Gasteiger partial charge in [0.1, 0.15) is 5.75 Å². The number of hydrogen-bond acceptors (Lipinski definition) is 4. The van der Waals surface area contributed by atoms with E-state index in [1.165, 1.54) is 0 Å². The lowest BCUT2D eigenvalue weighted by molar-refractivity contribution is -0.127. The number of carbonyl (C=O) groups is 2. The molecule has 0 unspecified atom stereocenters. The van der Waals surface area contributed by atoms with Gasteiger partial charge in [0.05, 0.1) is 12.9 Å². The number of aromatic hydroxyl groups is 1. The maximum absolute atomic E-state index is 12.9. The van der Waals surface area contributed by atoms with Crippen LogP contribution in [0.5, 0.6) is 5.75 Å². The van der Waals surface area contributed by atoms with Gasteiger partial charge in [0.2, 0.25) is 0 Å². The minimum atomic E-state index is -0.376. The Morgan fingerprint density at radius 1 is 1.32 bits per heavy atom. The molecule has 3 aliphatic rings. The van der Waals surface area contributed by atoms with Gasteiger partial charge in [-0.05, 0) is 61.6 Å². The fourth-order valence-corrected chi connectivity index (χ4v) is 5.35. The Labute approximate surface area is 147 Å². The molecule has 0 radical (unpaired) electrons. The quantitative estimate of drug-likeness (QED) is 0.653. The van der Waals surface area contributed by atoms with Gasteiger partial charge < -0.3 is 9.84 Å². The van der Waals surface area contributed by atoms with Gasteiger partial charge in [0.15, 0.2) is 11.6 Å². The first kappa shape index (κ1) is 16.4. The van der Waals surface area contributed by atoms with Crippen molar-refractivity contribution in [2.75, 3.05) is 6.61 Å². The average molecular weight is 340 g/mol. The molecule has 4 atom stereocenters. The minimum absolute atomic E-state index is 0.0890. The number of benzene rings is 1.